The largest absolute Gasteiger partial charge is 0.357 e. The molecule has 0 saturated carbocycles. The van der Waals surface area contributed by atoms with E-state index in [0.717, 1.165) is 36.6 Å². The first-order valence-corrected chi connectivity index (χ1v) is 9.53. The molecule has 0 radical (unpaired) electrons. The normalized spacial score (nSPS) is 11.0. The number of rotatable bonds is 8. The second-order valence-corrected chi connectivity index (χ2v) is 6.55. The summed E-state index contributed by atoms with van der Waals surface area (Å²) >= 11 is 0. The Kier molecular flexibility index (Phi) is 9.63. The minimum absolute atomic E-state index is 0. The van der Waals surface area contributed by atoms with Gasteiger partial charge >= 0.3 is 0 Å². The molecule has 1 heterocycles. The maximum absolute atomic E-state index is 13.3. The number of aliphatic imine (C=N–C) groups is 1. The molecule has 0 aliphatic carbocycles. The second kappa shape index (κ2) is 12.2. The molecule has 0 aliphatic heterocycles. The third-order valence-electron chi connectivity index (χ3n) is 4.31. The number of imidazole rings is 1. The smallest absolute Gasteiger partial charge is 0.191 e. The van der Waals surface area contributed by atoms with E-state index in [1.807, 2.05) is 30.1 Å². The Hall–Kier alpha value is -2.42. The van der Waals surface area contributed by atoms with Crippen LogP contribution in [0.25, 0.3) is 0 Å². The zero-order valence-electron chi connectivity index (χ0n) is 16.5. The van der Waals surface area contributed by atoms with Gasteiger partial charge in [-0.25, -0.2) is 14.4 Å². The zero-order valence-corrected chi connectivity index (χ0v) is 18.8. The summed E-state index contributed by atoms with van der Waals surface area (Å²) in [4.78, 5) is 8.71. The molecule has 0 amide bonds. The number of hydrogen-bond donors (Lipinski definition) is 2. The lowest BCUT2D eigenvalue weighted by Gasteiger charge is -2.11. The van der Waals surface area contributed by atoms with Crippen LogP contribution in [0.1, 0.15) is 23.6 Å². The van der Waals surface area contributed by atoms with Crippen molar-refractivity contribution in [3.8, 4) is 0 Å². The first-order chi connectivity index (χ1) is 13.7. The molecule has 0 fully saturated rings. The molecule has 2 N–H and O–H groups in total. The van der Waals surface area contributed by atoms with Crippen LogP contribution in [0.2, 0.25) is 0 Å². The van der Waals surface area contributed by atoms with E-state index < -0.39 is 0 Å². The van der Waals surface area contributed by atoms with E-state index in [2.05, 4.69) is 44.9 Å². The van der Waals surface area contributed by atoms with Crippen molar-refractivity contribution in [3.63, 3.8) is 0 Å². The summed E-state index contributed by atoms with van der Waals surface area (Å²) < 4.78 is 15.3. The fraction of sp³-hybridized carbons (Fsp3) is 0.273. The predicted octanol–water partition coefficient (Wildman–Crippen LogP) is 3.99. The molecular formula is C22H27FIN5. The van der Waals surface area contributed by atoms with Crippen molar-refractivity contribution in [1.29, 1.82) is 0 Å². The summed E-state index contributed by atoms with van der Waals surface area (Å²) in [5.74, 6) is 0.566. The molecule has 2 aromatic carbocycles. The van der Waals surface area contributed by atoms with Crippen molar-refractivity contribution < 1.29 is 4.39 Å². The Labute approximate surface area is 188 Å². The molecule has 1 aromatic heterocycles. The van der Waals surface area contributed by atoms with Gasteiger partial charge in [-0.3, -0.25) is 0 Å². The predicted molar refractivity (Wildman–Crippen MR) is 126 cm³/mol. The van der Waals surface area contributed by atoms with Gasteiger partial charge in [-0.05, 0) is 42.2 Å². The number of aromatic nitrogens is 2. The van der Waals surface area contributed by atoms with E-state index in [4.69, 9.17) is 0 Å². The van der Waals surface area contributed by atoms with Crippen LogP contribution >= 0.6 is 24.0 Å². The van der Waals surface area contributed by atoms with E-state index in [-0.39, 0.29) is 29.8 Å². The monoisotopic (exact) mass is 507 g/mol. The Balaban J connectivity index is 0.00000300. The fourth-order valence-corrected chi connectivity index (χ4v) is 2.87. The molecule has 5 nitrogen and oxygen atoms in total. The third kappa shape index (κ3) is 7.84. The lowest BCUT2D eigenvalue weighted by atomic mass is 10.1. The van der Waals surface area contributed by atoms with Gasteiger partial charge in [0.15, 0.2) is 5.96 Å². The minimum Gasteiger partial charge on any atom is -0.357 e. The Morgan fingerprint density at radius 3 is 2.55 bits per heavy atom. The highest BCUT2D eigenvalue weighted by Gasteiger charge is 2.00. The van der Waals surface area contributed by atoms with Crippen molar-refractivity contribution in [2.24, 2.45) is 4.99 Å². The molecule has 3 aromatic rings. The van der Waals surface area contributed by atoms with Gasteiger partial charge in [0.05, 0.1) is 12.9 Å². The van der Waals surface area contributed by atoms with Crippen LogP contribution in [0.4, 0.5) is 4.39 Å². The fourth-order valence-electron chi connectivity index (χ4n) is 2.87. The number of halogens is 2. The van der Waals surface area contributed by atoms with Crippen molar-refractivity contribution in [2.75, 3.05) is 13.1 Å². The molecule has 154 valence electrons. The molecule has 0 atom stereocenters. The number of nitrogens with zero attached hydrogens (tertiary/aromatic N) is 3. The van der Waals surface area contributed by atoms with Crippen molar-refractivity contribution in [2.45, 2.75) is 26.4 Å². The molecule has 0 bridgehead atoms. The van der Waals surface area contributed by atoms with E-state index in [0.29, 0.717) is 13.1 Å². The van der Waals surface area contributed by atoms with Gasteiger partial charge in [-0.15, -0.1) is 24.0 Å². The van der Waals surface area contributed by atoms with Crippen LogP contribution in [0.3, 0.4) is 0 Å². The number of guanidine groups is 1. The van der Waals surface area contributed by atoms with E-state index >= 15 is 0 Å². The maximum atomic E-state index is 13.3. The maximum Gasteiger partial charge on any atom is 0.191 e. The summed E-state index contributed by atoms with van der Waals surface area (Å²) in [6.45, 7) is 4.93. The van der Waals surface area contributed by atoms with Crippen LogP contribution in [0, 0.1) is 5.82 Å². The molecular weight excluding hydrogens is 480 g/mol. The molecule has 3 rings (SSSR count). The highest BCUT2D eigenvalue weighted by atomic mass is 127. The van der Waals surface area contributed by atoms with Crippen LogP contribution in [0.15, 0.2) is 72.2 Å². The molecule has 0 aliphatic rings. The van der Waals surface area contributed by atoms with E-state index in [1.54, 1.807) is 18.3 Å². The lowest BCUT2D eigenvalue weighted by Crippen LogP contribution is -2.38. The standard InChI is InChI=1S/C22H26FN5.HI/c1-2-25-22(26-11-10-18-4-3-5-21(23)14-18)27-15-19-6-8-20(9-7-19)16-28-13-12-24-17-28;/h3-9,12-14,17H,2,10-11,15-16H2,1H3,(H2,25,26,27);1H. The first kappa shape index (κ1) is 22.9. The van der Waals surface area contributed by atoms with Gasteiger partial charge in [-0.2, -0.15) is 0 Å². The van der Waals surface area contributed by atoms with E-state index in [1.165, 1.54) is 11.6 Å². The van der Waals surface area contributed by atoms with Gasteiger partial charge in [0, 0.05) is 32.0 Å². The van der Waals surface area contributed by atoms with Crippen LogP contribution in [-0.4, -0.2) is 28.6 Å². The zero-order chi connectivity index (χ0) is 19.6. The second-order valence-electron chi connectivity index (χ2n) is 6.55. The average molecular weight is 507 g/mol. The lowest BCUT2D eigenvalue weighted by molar-refractivity contribution is 0.625. The molecule has 0 spiro atoms. The summed E-state index contributed by atoms with van der Waals surface area (Å²) in [5.41, 5.74) is 3.35. The number of benzene rings is 2. The Morgan fingerprint density at radius 1 is 1.07 bits per heavy atom. The average Bonchev–Trinajstić information content (AvgIpc) is 3.20. The molecule has 7 heteroatoms. The Bertz CT molecular complexity index is 878. The highest BCUT2D eigenvalue weighted by molar-refractivity contribution is 14.0. The quantitative estimate of drug-likeness (QED) is 0.276. The third-order valence-corrected chi connectivity index (χ3v) is 4.31. The molecule has 29 heavy (non-hydrogen) atoms. The van der Waals surface area contributed by atoms with Crippen molar-refractivity contribution >= 4 is 29.9 Å². The van der Waals surface area contributed by atoms with Gasteiger partial charge in [-0.1, -0.05) is 36.4 Å². The van der Waals surface area contributed by atoms with E-state index in [9.17, 15) is 4.39 Å². The number of nitrogens with one attached hydrogen (secondary N) is 2. The van der Waals surface area contributed by atoms with Gasteiger partial charge in [0.25, 0.3) is 0 Å². The first-order valence-electron chi connectivity index (χ1n) is 9.53. The molecule has 0 saturated heterocycles. The van der Waals surface area contributed by atoms with Crippen LogP contribution in [0.5, 0.6) is 0 Å². The topological polar surface area (TPSA) is 54.2 Å². The Morgan fingerprint density at radius 2 is 1.86 bits per heavy atom. The van der Waals surface area contributed by atoms with Crippen LogP contribution < -0.4 is 10.6 Å². The SMILES string of the molecule is CCNC(=NCc1ccc(Cn2ccnc2)cc1)NCCc1cccc(F)c1.I. The minimum atomic E-state index is -0.199. The van der Waals surface area contributed by atoms with Crippen LogP contribution in [-0.2, 0) is 19.5 Å². The van der Waals surface area contributed by atoms with Gasteiger partial charge in [0.2, 0.25) is 0 Å². The summed E-state index contributed by atoms with van der Waals surface area (Å²) in [7, 11) is 0. The van der Waals surface area contributed by atoms with Crippen molar-refractivity contribution in [1.82, 2.24) is 20.2 Å². The number of hydrogen-bond acceptors (Lipinski definition) is 2. The van der Waals surface area contributed by atoms with Crippen molar-refractivity contribution in [3.05, 3.63) is 89.8 Å². The van der Waals surface area contributed by atoms with Gasteiger partial charge < -0.3 is 15.2 Å². The molecule has 0 unspecified atom stereocenters. The summed E-state index contributed by atoms with van der Waals surface area (Å²) in [5, 5.41) is 6.55. The summed E-state index contributed by atoms with van der Waals surface area (Å²) in [6.07, 6.45) is 6.30. The summed E-state index contributed by atoms with van der Waals surface area (Å²) in [6, 6.07) is 15.1. The highest BCUT2D eigenvalue weighted by Crippen LogP contribution is 2.08. The van der Waals surface area contributed by atoms with Gasteiger partial charge in [0.1, 0.15) is 5.82 Å².